The van der Waals surface area contributed by atoms with Crippen LogP contribution in [0.5, 0.6) is 0 Å². The lowest BCUT2D eigenvalue weighted by atomic mass is 10.2. The number of hydrogen-bond acceptors (Lipinski definition) is 6. The van der Waals surface area contributed by atoms with Gasteiger partial charge in [0, 0.05) is 78.0 Å². The number of piperazine rings is 1. The molecule has 1 aliphatic heterocycles. The Hall–Kier alpha value is -3.91. The molecule has 0 saturated carbocycles. The van der Waals surface area contributed by atoms with Crippen molar-refractivity contribution in [2.75, 3.05) is 71.2 Å². The van der Waals surface area contributed by atoms with Crippen LogP contribution in [-0.2, 0) is 0 Å². The van der Waals surface area contributed by atoms with Crippen molar-refractivity contribution in [1.82, 2.24) is 14.5 Å². The Morgan fingerprint density at radius 3 is 1.89 bits per heavy atom. The molecular formula is C28H37N8+. The molecule has 0 amide bonds. The highest BCUT2D eigenvalue weighted by Crippen LogP contribution is 2.12. The highest BCUT2D eigenvalue weighted by atomic mass is 15.5. The predicted molar refractivity (Wildman–Crippen MR) is 150 cm³/mol. The fraction of sp³-hybridized carbons (Fsp3) is 0.321. The first-order valence-corrected chi connectivity index (χ1v) is 12.3. The summed E-state index contributed by atoms with van der Waals surface area (Å²) in [7, 11) is 10.3. The fourth-order valence-electron chi connectivity index (χ4n) is 3.85. The molecule has 0 aliphatic carbocycles. The summed E-state index contributed by atoms with van der Waals surface area (Å²) in [6.07, 6.45) is 11.9. The second-order valence-corrected chi connectivity index (χ2v) is 9.46. The first-order valence-electron chi connectivity index (χ1n) is 12.3. The minimum Gasteiger partial charge on any atom is -0.378 e. The van der Waals surface area contributed by atoms with E-state index in [0.29, 0.717) is 0 Å². The summed E-state index contributed by atoms with van der Waals surface area (Å²) in [5, 5.41) is 9.47. The third-order valence-electron chi connectivity index (χ3n) is 6.27. The third kappa shape index (κ3) is 6.60. The number of nitrogens with zero attached hydrogens (tertiary/aromatic N) is 8. The summed E-state index contributed by atoms with van der Waals surface area (Å²) < 4.78 is 3.72. The van der Waals surface area contributed by atoms with Gasteiger partial charge in [-0.25, -0.2) is 0 Å². The number of hydrogen-bond donors (Lipinski definition) is 0. The maximum Gasteiger partial charge on any atom is 0.334 e. The SMILES string of the molecule is CN1CCN(/C=C/c2n(/N=C/c3ccc(N(C)C)cc3)cc[n+]2/N=C/c2ccc(N(C)C)cc2)CC1. The molecule has 0 radical (unpaired) electrons. The zero-order valence-electron chi connectivity index (χ0n) is 22.0. The van der Waals surface area contributed by atoms with Crippen LogP contribution in [0.15, 0.2) is 77.3 Å². The van der Waals surface area contributed by atoms with E-state index >= 15 is 0 Å². The van der Waals surface area contributed by atoms with E-state index in [9.17, 15) is 0 Å². The van der Waals surface area contributed by atoms with Gasteiger partial charge in [-0.05, 0) is 42.4 Å². The van der Waals surface area contributed by atoms with Crippen molar-refractivity contribution in [2.24, 2.45) is 10.2 Å². The van der Waals surface area contributed by atoms with Crippen LogP contribution in [0.25, 0.3) is 6.08 Å². The smallest absolute Gasteiger partial charge is 0.334 e. The van der Waals surface area contributed by atoms with E-state index in [1.807, 2.05) is 62.4 Å². The molecule has 36 heavy (non-hydrogen) atoms. The Kier molecular flexibility index (Phi) is 8.17. The molecule has 0 atom stereocenters. The molecule has 2 heterocycles. The Morgan fingerprint density at radius 2 is 1.33 bits per heavy atom. The molecule has 1 fully saturated rings. The molecule has 0 unspecified atom stereocenters. The summed E-state index contributed by atoms with van der Waals surface area (Å²) in [5.74, 6) is 0.872. The highest BCUT2D eigenvalue weighted by molar-refractivity contribution is 5.80. The van der Waals surface area contributed by atoms with E-state index in [-0.39, 0.29) is 0 Å². The Morgan fingerprint density at radius 1 is 0.778 bits per heavy atom. The van der Waals surface area contributed by atoms with Crippen LogP contribution in [0.1, 0.15) is 17.0 Å². The van der Waals surface area contributed by atoms with E-state index in [4.69, 9.17) is 10.2 Å². The molecule has 2 aromatic carbocycles. The Bertz CT molecular complexity index is 1120. The van der Waals surface area contributed by atoms with Gasteiger partial charge >= 0.3 is 5.82 Å². The molecule has 1 aromatic heterocycles. The molecule has 188 valence electrons. The molecule has 1 aliphatic rings. The van der Waals surface area contributed by atoms with Crippen molar-refractivity contribution in [3.8, 4) is 0 Å². The van der Waals surface area contributed by atoms with Gasteiger partial charge in [0.05, 0.1) is 12.4 Å². The van der Waals surface area contributed by atoms with E-state index in [2.05, 4.69) is 87.5 Å². The predicted octanol–water partition coefficient (Wildman–Crippen LogP) is 2.89. The number of rotatable bonds is 8. The molecule has 0 N–H and O–H groups in total. The van der Waals surface area contributed by atoms with E-state index in [1.165, 1.54) is 0 Å². The number of benzene rings is 2. The van der Waals surface area contributed by atoms with Gasteiger partial charge in [0.15, 0.2) is 12.4 Å². The fourth-order valence-corrected chi connectivity index (χ4v) is 3.85. The van der Waals surface area contributed by atoms with Gasteiger partial charge in [0.2, 0.25) is 0 Å². The molecule has 0 bridgehead atoms. The average Bonchev–Trinajstić information content (AvgIpc) is 3.27. The summed E-state index contributed by atoms with van der Waals surface area (Å²) in [4.78, 5) is 8.87. The van der Waals surface area contributed by atoms with Crippen molar-refractivity contribution >= 4 is 29.9 Å². The van der Waals surface area contributed by atoms with E-state index in [0.717, 1.165) is 54.5 Å². The van der Waals surface area contributed by atoms with Gasteiger partial charge in [0.1, 0.15) is 0 Å². The lowest BCUT2D eigenvalue weighted by molar-refractivity contribution is -0.679. The minimum absolute atomic E-state index is 0.872. The average molecular weight is 486 g/mol. The second kappa shape index (κ2) is 11.7. The first-order chi connectivity index (χ1) is 17.4. The van der Waals surface area contributed by atoms with Gasteiger partial charge in [-0.3, -0.25) is 0 Å². The maximum atomic E-state index is 4.73. The quantitative estimate of drug-likeness (QED) is 0.364. The number of imidazole rings is 1. The van der Waals surface area contributed by atoms with Crippen molar-refractivity contribution in [3.05, 3.63) is 84.1 Å². The zero-order chi connectivity index (χ0) is 25.5. The minimum atomic E-state index is 0.872. The lowest BCUT2D eigenvalue weighted by Crippen LogP contribution is -2.41. The van der Waals surface area contributed by atoms with Crippen LogP contribution >= 0.6 is 0 Å². The molecule has 8 heteroatoms. The first kappa shape index (κ1) is 25.2. The molecule has 1 saturated heterocycles. The zero-order valence-corrected chi connectivity index (χ0v) is 22.0. The van der Waals surface area contributed by atoms with Crippen LogP contribution in [0.3, 0.4) is 0 Å². The van der Waals surface area contributed by atoms with Crippen LogP contribution in [0, 0.1) is 0 Å². The van der Waals surface area contributed by atoms with Crippen LogP contribution < -0.4 is 14.5 Å². The standard InChI is InChI=1S/C28H37N8/c1-31(2)26-10-6-24(7-11-26)22-29-35-20-21-36(28(35)14-15-34-18-16-33(5)17-19-34)30-23-25-8-12-27(13-9-25)32(3)4/h6-15,20-23H,16-19H2,1-5H3/q+1/b29-22+,30-23+. The molecular weight excluding hydrogens is 448 g/mol. The van der Waals surface area contributed by atoms with Crippen LogP contribution in [0.4, 0.5) is 11.4 Å². The summed E-state index contributed by atoms with van der Waals surface area (Å²) in [6.45, 7) is 4.15. The Balaban J connectivity index is 1.58. The van der Waals surface area contributed by atoms with Crippen LogP contribution in [0.2, 0.25) is 0 Å². The van der Waals surface area contributed by atoms with Crippen molar-refractivity contribution < 1.29 is 4.68 Å². The van der Waals surface area contributed by atoms with Crippen molar-refractivity contribution in [1.29, 1.82) is 0 Å². The van der Waals surface area contributed by atoms with Crippen molar-refractivity contribution in [2.45, 2.75) is 0 Å². The van der Waals surface area contributed by atoms with Gasteiger partial charge < -0.3 is 19.6 Å². The summed E-state index contributed by atoms with van der Waals surface area (Å²) >= 11 is 0. The lowest BCUT2D eigenvalue weighted by Gasteiger charge is -2.31. The normalized spacial score (nSPS) is 15.0. The van der Waals surface area contributed by atoms with Gasteiger partial charge in [-0.15, -0.1) is 0 Å². The third-order valence-corrected chi connectivity index (χ3v) is 6.27. The molecule has 3 aromatic rings. The van der Waals surface area contributed by atoms with Gasteiger partial charge in [-0.1, -0.05) is 43.8 Å². The summed E-state index contributed by atoms with van der Waals surface area (Å²) in [6, 6.07) is 16.7. The van der Waals surface area contributed by atoms with Gasteiger partial charge in [0.25, 0.3) is 0 Å². The van der Waals surface area contributed by atoms with E-state index in [1.54, 1.807) is 0 Å². The Labute approximate surface area is 214 Å². The highest BCUT2D eigenvalue weighted by Gasteiger charge is 2.16. The second-order valence-electron chi connectivity index (χ2n) is 9.46. The number of likely N-dealkylation sites (N-methyl/N-ethyl adjacent to an activating group) is 1. The molecule has 0 spiro atoms. The van der Waals surface area contributed by atoms with Gasteiger partial charge in [-0.2, -0.15) is 0 Å². The van der Waals surface area contributed by atoms with Crippen LogP contribution in [-0.4, -0.2) is 88.3 Å². The molecule has 8 nitrogen and oxygen atoms in total. The molecule has 4 rings (SSSR count). The summed E-state index contributed by atoms with van der Waals surface area (Å²) in [5.41, 5.74) is 4.41. The number of aromatic nitrogens is 2. The van der Waals surface area contributed by atoms with Crippen molar-refractivity contribution in [3.63, 3.8) is 0 Å². The monoisotopic (exact) mass is 485 g/mol. The maximum absolute atomic E-state index is 4.73. The topological polar surface area (TPSA) is 46.5 Å². The largest absolute Gasteiger partial charge is 0.378 e. The number of anilines is 2. The van der Waals surface area contributed by atoms with E-state index < -0.39 is 0 Å².